The fraction of sp³-hybridized carbons (Fsp3) is 0.0426. The lowest BCUT2D eigenvalue weighted by molar-refractivity contribution is 0.663. The molecule has 2 aliphatic carbocycles. The zero-order valence-corrected chi connectivity index (χ0v) is 27.6. The van der Waals surface area contributed by atoms with Crippen molar-refractivity contribution in [3.05, 3.63) is 182 Å². The third-order valence-corrected chi connectivity index (χ3v) is 10.0. The van der Waals surface area contributed by atoms with Gasteiger partial charge >= 0.3 is 0 Å². The van der Waals surface area contributed by atoms with E-state index in [9.17, 15) is 0 Å². The topological polar surface area (TPSA) is 51.8 Å². The lowest BCUT2D eigenvalue weighted by Crippen LogP contribution is -2.11. The molecule has 2 aliphatic rings. The van der Waals surface area contributed by atoms with Gasteiger partial charge in [0.2, 0.25) is 0 Å². The zero-order valence-electron chi connectivity index (χ0n) is 27.6. The highest BCUT2D eigenvalue weighted by Crippen LogP contribution is 2.41. The minimum atomic E-state index is 0.401. The summed E-state index contributed by atoms with van der Waals surface area (Å²) in [5.41, 5.74) is 9.27. The first-order valence-electron chi connectivity index (χ1n) is 17.4. The maximum atomic E-state index is 6.72. The highest BCUT2D eigenvalue weighted by atomic mass is 16.3. The second-order valence-corrected chi connectivity index (χ2v) is 13.2. The van der Waals surface area contributed by atoms with E-state index >= 15 is 0 Å². The smallest absolute Gasteiger partial charge is 0.164 e. The maximum absolute atomic E-state index is 6.72. The van der Waals surface area contributed by atoms with Crippen LogP contribution >= 0.6 is 0 Å². The largest absolute Gasteiger partial charge is 0.455 e. The highest BCUT2D eigenvalue weighted by Gasteiger charge is 2.21. The number of benzene rings is 6. The Labute approximate surface area is 295 Å². The van der Waals surface area contributed by atoms with Crippen LogP contribution in [0.2, 0.25) is 0 Å². The van der Waals surface area contributed by atoms with E-state index in [2.05, 4.69) is 115 Å². The molecule has 0 N–H and O–H groups in total. The van der Waals surface area contributed by atoms with Gasteiger partial charge in [-0.3, -0.25) is 0 Å². The first-order chi connectivity index (χ1) is 25.2. The Morgan fingerprint density at radius 3 is 1.82 bits per heavy atom. The molecular formula is C47H31N3O. The number of aromatic nitrogens is 3. The van der Waals surface area contributed by atoms with Crippen LogP contribution in [0.1, 0.15) is 5.56 Å². The van der Waals surface area contributed by atoms with Gasteiger partial charge in [0.1, 0.15) is 11.2 Å². The van der Waals surface area contributed by atoms with Crippen molar-refractivity contribution < 1.29 is 4.42 Å². The predicted molar refractivity (Wildman–Crippen MR) is 209 cm³/mol. The minimum Gasteiger partial charge on any atom is -0.455 e. The molecule has 4 nitrogen and oxygen atoms in total. The Morgan fingerprint density at radius 2 is 1.06 bits per heavy atom. The number of nitrogens with zero attached hydrogens (tertiary/aromatic N) is 3. The van der Waals surface area contributed by atoms with Crippen LogP contribution in [0.25, 0.3) is 83.6 Å². The first-order valence-corrected chi connectivity index (χ1v) is 17.4. The van der Waals surface area contributed by atoms with Crippen molar-refractivity contribution in [3.63, 3.8) is 0 Å². The summed E-state index contributed by atoms with van der Waals surface area (Å²) < 4.78 is 6.72. The summed E-state index contributed by atoms with van der Waals surface area (Å²) in [6, 6.07) is 46.1. The van der Waals surface area contributed by atoms with Gasteiger partial charge in [-0.15, -0.1) is 0 Å². The molecule has 0 radical (unpaired) electrons. The number of rotatable bonds is 5. The highest BCUT2D eigenvalue weighted by molar-refractivity contribution is 6.19. The third kappa shape index (κ3) is 5.20. The van der Waals surface area contributed by atoms with Gasteiger partial charge in [-0.1, -0.05) is 152 Å². The van der Waals surface area contributed by atoms with E-state index in [0.717, 1.165) is 60.5 Å². The second kappa shape index (κ2) is 12.0. The van der Waals surface area contributed by atoms with E-state index in [4.69, 9.17) is 19.4 Å². The zero-order chi connectivity index (χ0) is 33.7. The van der Waals surface area contributed by atoms with Crippen LogP contribution in [0.4, 0.5) is 0 Å². The molecule has 0 amide bonds. The van der Waals surface area contributed by atoms with E-state index in [1.165, 1.54) is 11.1 Å². The molecule has 2 atom stereocenters. The van der Waals surface area contributed by atoms with Crippen LogP contribution in [-0.2, 0) is 0 Å². The van der Waals surface area contributed by atoms with Crippen LogP contribution in [0.15, 0.2) is 180 Å². The summed E-state index contributed by atoms with van der Waals surface area (Å²) in [6.45, 7) is 0. The molecular weight excluding hydrogens is 623 g/mol. The van der Waals surface area contributed by atoms with Gasteiger partial charge in [0.05, 0.1) is 0 Å². The van der Waals surface area contributed by atoms with Crippen LogP contribution in [0.5, 0.6) is 0 Å². The molecule has 51 heavy (non-hydrogen) atoms. The summed E-state index contributed by atoms with van der Waals surface area (Å²) in [5.74, 6) is 2.74. The van der Waals surface area contributed by atoms with Crippen molar-refractivity contribution in [1.82, 2.24) is 15.0 Å². The summed E-state index contributed by atoms with van der Waals surface area (Å²) in [7, 11) is 0. The van der Waals surface area contributed by atoms with Crippen molar-refractivity contribution in [2.45, 2.75) is 0 Å². The molecule has 0 bridgehead atoms. The van der Waals surface area contributed by atoms with Gasteiger partial charge < -0.3 is 4.42 Å². The number of allylic oxidation sites excluding steroid dienone is 8. The molecule has 0 saturated carbocycles. The molecule has 0 spiro atoms. The van der Waals surface area contributed by atoms with Crippen molar-refractivity contribution in [2.75, 3.05) is 0 Å². The Morgan fingerprint density at radius 1 is 0.431 bits per heavy atom. The van der Waals surface area contributed by atoms with Crippen LogP contribution < -0.4 is 0 Å². The standard InChI is InChI=1S/C47H31N3O/c1-3-13-31(14-4-1)45-48-46(32-15-5-2-6-16-32)50-47(49-45)42-29-41-39-25-24-37(28-43(39)51-44(41)40-21-10-9-20-38(40)42)35-19-11-18-34(27-35)36-23-22-30-12-7-8-17-33(30)26-36/h1-30,33H. The second-order valence-electron chi connectivity index (χ2n) is 13.2. The average Bonchev–Trinajstić information content (AvgIpc) is 3.59. The summed E-state index contributed by atoms with van der Waals surface area (Å²) in [5, 5.41) is 4.14. The monoisotopic (exact) mass is 653 g/mol. The number of hydrogen-bond donors (Lipinski definition) is 0. The van der Waals surface area contributed by atoms with E-state index in [1.807, 2.05) is 60.7 Å². The Kier molecular flexibility index (Phi) is 6.91. The average molecular weight is 654 g/mol. The molecule has 0 fully saturated rings. The van der Waals surface area contributed by atoms with Gasteiger partial charge in [0.15, 0.2) is 17.5 Å². The van der Waals surface area contributed by atoms with Gasteiger partial charge in [-0.2, -0.15) is 0 Å². The number of fused-ring (bicyclic) bond motifs is 6. The Bertz CT molecular complexity index is 2700. The number of furan rings is 1. The molecule has 10 rings (SSSR count). The molecule has 8 aromatic rings. The molecule has 2 heterocycles. The third-order valence-electron chi connectivity index (χ3n) is 10.0. The lowest BCUT2D eigenvalue weighted by Gasteiger charge is -2.23. The summed E-state index contributed by atoms with van der Waals surface area (Å²) in [4.78, 5) is 15.1. The lowest BCUT2D eigenvalue weighted by atomic mass is 9.81. The van der Waals surface area contributed by atoms with Gasteiger partial charge in [-0.05, 0) is 51.9 Å². The predicted octanol–water partition coefficient (Wildman–Crippen LogP) is 11.9. The van der Waals surface area contributed by atoms with Crippen LogP contribution in [0.3, 0.4) is 0 Å². The maximum Gasteiger partial charge on any atom is 0.164 e. The van der Waals surface area contributed by atoms with E-state index in [1.54, 1.807) is 0 Å². The number of hydrogen-bond acceptors (Lipinski definition) is 4. The van der Waals surface area contributed by atoms with E-state index in [0.29, 0.717) is 29.3 Å². The molecule has 2 aromatic heterocycles. The van der Waals surface area contributed by atoms with Gasteiger partial charge in [-0.25, -0.2) is 15.0 Å². The normalized spacial score (nSPS) is 16.5. The fourth-order valence-electron chi connectivity index (χ4n) is 7.44. The van der Waals surface area contributed by atoms with Crippen molar-refractivity contribution in [2.24, 2.45) is 11.8 Å². The SMILES string of the molecule is C1=CC2C=CC(c3cccc(-c4ccc5c(c4)oc4c6ccccc6c(-c6nc(-c7ccccc7)nc(-c7ccccc7)n6)cc54)c3)=CC2C=C1. The van der Waals surface area contributed by atoms with Gasteiger partial charge in [0.25, 0.3) is 0 Å². The molecule has 0 aliphatic heterocycles. The molecule has 2 unspecified atom stereocenters. The van der Waals surface area contributed by atoms with Crippen LogP contribution in [0, 0.1) is 11.8 Å². The molecule has 0 saturated heterocycles. The first kappa shape index (κ1) is 29.3. The van der Waals surface area contributed by atoms with Crippen molar-refractivity contribution >= 4 is 38.3 Å². The Balaban J connectivity index is 1.11. The summed E-state index contributed by atoms with van der Waals surface area (Å²) >= 11 is 0. The minimum absolute atomic E-state index is 0.401. The Hall–Kier alpha value is -6.65. The molecule has 6 aromatic carbocycles. The van der Waals surface area contributed by atoms with E-state index < -0.39 is 0 Å². The molecule has 4 heteroatoms. The fourth-order valence-corrected chi connectivity index (χ4v) is 7.44. The summed E-state index contributed by atoms with van der Waals surface area (Å²) in [6.07, 6.45) is 15.8. The van der Waals surface area contributed by atoms with Crippen LogP contribution in [-0.4, -0.2) is 15.0 Å². The molecule has 240 valence electrons. The quantitative estimate of drug-likeness (QED) is 0.185. The van der Waals surface area contributed by atoms with Gasteiger partial charge in [0, 0.05) is 44.7 Å². The van der Waals surface area contributed by atoms with Crippen molar-refractivity contribution in [1.29, 1.82) is 0 Å². The van der Waals surface area contributed by atoms with Crippen molar-refractivity contribution in [3.8, 4) is 45.3 Å². The van der Waals surface area contributed by atoms with E-state index in [-0.39, 0.29) is 0 Å².